The second-order valence-corrected chi connectivity index (χ2v) is 4.04. The van der Waals surface area contributed by atoms with Crippen LogP contribution in [0.4, 0.5) is 11.4 Å². The number of carbonyl (C=O) groups excluding carboxylic acids is 1. The third kappa shape index (κ3) is 4.25. The summed E-state index contributed by atoms with van der Waals surface area (Å²) in [6.07, 6.45) is 0.938. The third-order valence-electron chi connectivity index (χ3n) is 2.57. The molecule has 5 nitrogen and oxygen atoms in total. The normalized spacial score (nSPS) is 11.9. The van der Waals surface area contributed by atoms with Crippen LogP contribution in [-0.2, 0) is 9.53 Å². The molecular formula is C13H20N2O3. The summed E-state index contributed by atoms with van der Waals surface area (Å²) in [6.45, 7) is 3.95. The van der Waals surface area contributed by atoms with Crippen LogP contribution in [0.2, 0.25) is 0 Å². The van der Waals surface area contributed by atoms with Crippen molar-refractivity contribution in [3.05, 3.63) is 18.2 Å². The Morgan fingerprint density at radius 2 is 2.22 bits per heavy atom. The predicted octanol–water partition coefficient (Wildman–Crippen LogP) is 2.03. The highest BCUT2D eigenvalue weighted by molar-refractivity contribution is 5.93. The van der Waals surface area contributed by atoms with Crippen LogP contribution in [0.1, 0.15) is 20.3 Å². The summed E-state index contributed by atoms with van der Waals surface area (Å²) >= 11 is 0. The van der Waals surface area contributed by atoms with Crippen LogP contribution >= 0.6 is 0 Å². The van der Waals surface area contributed by atoms with Gasteiger partial charge < -0.3 is 20.5 Å². The molecule has 0 aromatic heterocycles. The van der Waals surface area contributed by atoms with E-state index >= 15 is 0 Å². The summed E-state index contributed by atoms with van der Waals surface area (Å²) in [5, 5.41) is 2.71. The average Bonchev–Trinajstić information content (AvgIpc) is 2.36. The first-order valence-electron chi connectivity index (χ1n) is 5.91. The fourth-order valence-corrected chi connectivity index (χ4v) is 1.35. The molecule has 1 aromatic carbocycles. The van der Waals surface area contributed by atoms with Crippen molar-refractivity contribution in [2.75, 3.05) is 24.8 Å². The number of nitrogens with one attached hydrogen (secondary N) is 1. The highest BCUT2D eigenvalue weighted by Crippen LogP contribution is 2.26. The van der Waals surface area contributed by atoms with E-state index in [-0.39, 0.29) is 18.6 Å². The Kier molecular flexibility index (Phi) is 5.45. The van der Waals surface area contributed by atoms with E-state index < -0.39 is 0 Å². The number of methoxy groups -OCH3 is 1. The maximum Gasteiger partial charge on any atom is 0.250 e. The van der Waals surface area contributed by atoms with Crippen LogP contribution in [0.3, 0.4) is 0 Å². The third-order valence-corrected chi connectivity index (χ3v) is 2.57. The van der Waals surface area contributed by atoms with E-state index in [9.17, 15) is 4.79 Å². The van der Waals surface area contributed by atoms with E-state index in [1.54, 1.807) is 18.2 Å². The van der Waals surface area contributed by atoms with E-state index in [1.165, 1.54) is 7.11 Å². The summed E-state index contributed by atoms with van der Waals surface area (Å²) < 4.78 is 10.5. The largest absolute Gasteiger partial charge is 0.495 e. The number of rotatable bonds is 6. The summed E-state index contributed by atoms with van der Waals surface area (Å²) in [5.41, 5.74) is 6.78. The second-order valence-electron chi connectivity index (χ2n) is 4.04. The molecule has 0 radical (unpaired) electrons. The van der Waals surface area contributed by atoms with Gasteiger partial charge in [-0.05, 0) is 31.5 Å². The first kappa shape index (κ1) is 14.3. The van der Waals surface area contributed by atoms with E-state index in [1.807, 2.05) is 13.8 Å². The highest BCUT2D eigenvalue weighted by atomic mass is 16.5. The van der Waals surface area contributed by atoms with Gasteiger partial charge in [0.05, 0.1) is 18.9 Å². The number of nitrogens with two attached hydrogens (primary N) is 1. The van der Waals surface area contributed by atoms with Gasteiger partial charge in [-0.15, -0.1) is 0 Å². The standard InChI is InChI=1S/C13H20N2O3/c1-4-9(2)18-8-13(16)15-11-7-10(14)5-6-12(11)17-3/h5-7,9H,4,8,14H2,1-3H3,(H,15,16). The number of carbonyl (C=O) groups is 1. The van der Waals surface area contributed by atoms with Crippen molar-refractivity contribution in [3.63, 3.8) is 0 Å². The Balaban J connectivity index is 2.61. The molecule has 1 amide bonds. The van der Waals surface area contributed by atoms with Gasteiger partial charge in [-0.2, -0.15) is 0 Å². The smallest absolute Gasteiger partial charge is 0.250 e. The lowest BCUT2D eigenvalue weighted by molar-refractivity contribution is -0.122. The molecule has 0 saturated heterocycles. The number of anilines is 2. The Labute approximate surface area is 107 Å². The molecule has 0 saturated carbocycles. The number of nitrogen functional groups attached to an aromatic ring is 1. The number of amides is 1. The minimum absolute atomic E-state index is 0.0208. The second kappa shape index (κ2) is 6.86. The van der Waals surface area contributed by atoms with Gasteiger partial charge in [-0.1, -0.05) is 6.92 Å². The molecular weight excluding hydrogens is 232 g/mol. The minimum atomic E-state index is -0.223. The molecule has 0 fully saturated rings. The van der Waals surface area contributed by atoms with Gasteiger partial charge in [-0.25, -0.2) is 0 Å². The molecule has 1 aromatic rings. The Morgan fingerprint density at radius 1 is 1.50 bits per heavy atom. The summed E-state index contributed by atoms with van der Waals surface area (Å²) in [4.78, 5) is 11.7. The maximum absolute atomic E-state index is 11.7. The van der Waals surface area contributed by atoms with Crippen molar-refractivity contribution in [3.8, 4) is 5.75 Å². The average molecular weight is 252 g/mol. The van der Waals surface area contributed by atoms with Crippen molar-refractivity contribution in [1.29, 1.82) is 0 Å². The summed E-state index contributed by atoms with van der Waals surface area (Å²) in [7, 11) is 1.54. The quantitative estimate of drug-likeness (QED) is 0.760. The van der Waals surface area contributed by atoms with Crippen LogP contribution in [0.15, 0.2) is 18.2 Å². The van der Waals surface area contributed by atoms with E-state index in [2.05, 4.69) is 5.32 Å². The van der Waals surface area contributed by atoms with Crippen LogP contribution < -0.4 is 15.8 Å². The Hall–Kier alpha value is -1.75. The molecule has 0 aliphatic carbocycles. The van der Waals surface area contributed by atoms with Crippen LogP contribution in [0.5, 0.6) is 5.75 Å². The number of hydrogen-bond acceptors (Lipinski definition) is 4. The molecule has 18 heavy (non-hydrogen) atoms. The van der Waals surface area contributed by atoms with Gasteiger partial charge in [0.1, 0.15) is 12.4 Å². The van der Waals surface area contributed by atoms with Gasteiger partial charge in [0, 0.05) is 5.69 Å². The molecule has 0 aliphatic rings. The molecule has 100 valence electrons. The van der Waals surface area contributed by atoms with Crippen LogP contribution in [0.25, 0.3) is 0 Å². The van der Waals surface area contributed by atoms with Gasteiger partial charge in [-0.3, -0.25) is 4.79 Å². The maximum atomic E-state index is 11.7. The first-order valence-corrected chi connectivity index (χ1v) is 5.91. The fraction of sp³-hybridized carbons (Fsp3) is 0.462. The van der Waals surface area contributed by atoms with E-state index in [0.717, 1.165) is 6.42 Å². The summed E-state index contributed by atoms with van der Waals surface area (Å²) in [5.74, 6) is 0.347. The van der Waals surface area contributed by atoms with Crippen molar-refractivity contribution in [2.45, 2.75) is 26.4 Å². The van der Waals surface area contributed by atoms with Gasteiger partial charge in [0.15, 0.2) is 0 Å². The number of ether oxygens (including phenoxy) is 2. The zero-order valence-corrected chi connectivity index (χ0v) is 11.0. The molecule has 1 atom stereocenters. The lowest BCUT2D eigenvalue weighted by Crippen LogP contribution is -2.21. The van der Waals surface area contributed by atoms with Gasteiger partial charge in [0.2, 0.25) is 5.91 Å². The molecule has 0 bridgehead atoms. The molecule has 5 heteroatoms. The molecule has 1 unspecified atom stereocenters. The Bertz CT molecular complexity index is 407. The van der Waals surface area contributed by atoms with Crippen molar-refractivity contribution in [1.82, 2.24) is 0 Å². The summed E-state index contributed by atoms with van der Waals surface area (Å²) in [6, 6.07) is 5.07. The van der Waals surface area contributed by atoms with Gasteiger partial charge in [0.25, 0.3) is 0 Å². The predicted molar refractivity (Wildman–Crippen MR) is 71.7 cm³/mol. The molecule has 1 rings (SSSR count). The zero-order chi connectivity index (χ0) is 13.5. The zero-order valence-electron chi connectivity index (χ0n) is 11.0. The monoisotopic (exact) mass is 252 g/mol. The number of hydrogen-bond donors (Lipinski definition) is 2. The van der Waals surface area contributed by atoms with Crippen molar-refractivity contribution < 1.29 is 14.3 Å². The van der Waals surface area contributed by atoms with Crippen LogP contribution in [0, 0.1) is 0 Å². The highest BCUT2D eigenvalue weighted by Gasteiger charge is 2.09. The molecule has 0 aliphatic heterocycles. The van der Waals surface area contributed by atoms with Crippen molar-refractivity contribution in [2.24, 2.45) is 0 Å². The minimum Gasteiger partial charge on any atom is -0.495 e. The topological polar surface area (TPSA) is 73.6 Å². The number of benzene rings is 1. The van der Waals surface area contributed by atoms with E-state index in [4.69, 9.17) is 15.2 Å². The Morgan fingerprint density at radius 3 is 2.83 bits per heavy atom. The SMILES string of the molecule is CCC(C)OCC(=O)Nc1cc(N)ccc1OC. The first-order chi connectivity index (χ1) is 8.56. The fourth-order valence-electron chi connectivity index (χ4n) is 1.35. The van der Waals surface area contributed by atoms with Gasteiger partial charge >= 0.3 is 0 Å². The molecule has 3 N–H and O–H groups in total. The molecule has 0 spiro atoms. The van der Waals surface area contributed by atoms with Crippen molar-refractivity contribution >= 4 is 17.3 Å². The van der Waals surface area contributed by atoms with E-state index in [0.29, 0.717) is 17.1 Å². The lowest BCUT2D eigenvalue weighted by atomic mass is 10.2. The van der Waals surface area contributed by atoms with Crippen LogP contribution in [-0.4, -0.2) is 25.7 Å². The molecule has 0 heterocycles. The lowest BCUT2D eigenvalue weighted by Gasteiger charge is -2.13.